The first kappa shape index (κ1) is 45.5. The normalized spacial score (nSPS) is 33.5. The van der Waals surface area contributed by atoms with Crippen molar-refractivity contribution in [2.45, 2.75) is 155 Å². The zero-order chi connectivity index (χ0) is 38.4. The molecular formula is C31H62N6O14. The predicted molar refractivity (Wildman–Crippen MR) is 179 cm³/mol. The zero-order valence-electron chi connectivity index (χ0n) is 28.8. The summed E-state index contributed by atoms with van der Waals surface area (Å²) in [5.74, 6) is -1.09. The molecule has 0 saturated heterocycles. The van der Waals surface area contributed by atoms with Crippen molar-refractivity contribution in [3.63, 3.8) is 0 Å². The maximum absolute atomic E-state index is 12.1. The summed E-state index contributed by atoms with van der Waals surface area (Å²) in [6, 6.07) is -2.75. The van der Waals surface area contributed by atoms with Gasteiger partial charge in [-0.2, -0.15) is 0 Å². The van der Waals surface area contributed by atoms with Crippen LogP contribution in [0.25, 0.3) is 0 Å². The van der Waals surface area contributed by atoms with E-state index in [0.29, 0.717) is 0 Å². The van der Waals surface area contributed by atoms with Crippen LogP contribution in [0.2, 0.25) is 0 Å². The molecule has 0 heterocycles. The highest BCUT2D eigenvalue weighted by Crippen LogP contribution is 2.22. The molecule has 0 bridgehead atoms. The van der Waals surface area contributed by atoms with Gasteiger partial charge in [0.2, 0.25) is 11.8 Å². The number of aliphatic hydroxyl groups excluding tert-OH is 10. The summed E-state index contributed by atoms with van der Waals surface area (Å²) in [6.45, 7) is -0.811. The Morgan fingerprint density at radius 2 is 0.804 bits per heavy atom. The molecule has 20 N–H and O–H groups in total. The van der Waals surface area contributed by atoms with Gasteiger partial charge in [-0.1, -0.05) is 0 Å². The molecule has 0 aromatic carbocycles. The van der Waals surface area contributed by atoms with Gasteiger partial charge in [-0.25, -0.2) is 0 Å². The van der Waals surface area contributed by atoms with Gasteiger partial charge in [0, 0.05) is 37.3 Å². The van der Waals surface area contributed by atoms with Gasteiger partial charge in [0.05, 0.1) is 48.8 Å². The molecule has 2 amide bonds. The van der Waals surface area contributed by atoms with Gasteiger partial charge in [-0.15, -0.1) is 0 Å². The third kappa shape index (κ3) is 16.1. The lowest BCUT2D eigenvalue weighted by Crippen LogP contribution is -2.62. The topological polar surface area (TPSA) is 383 Å². The van der Waals surface area contributed by atoms with Gasteiger partial charge in [0.15, 0.2) is 0 Å². The van der Waals surface area contributed by atoms with Crippen LogP contribution in [0.3, 0.4) is 0 Å². The average Bonchev–Trinajstić information content (AvgIpc) is 3.02. The Kier molecular flexibility index (Phi) is 20.1. The van der Waals surface area contributed by atoms with Gasteiger partial charge in [-0.3, -0.25) is 9.59 Å². The molecule has 0 aromatic heterocycles. The monoisotopic (exact) mass is 742 g/mol. The number of carbonyl (C=O) groups is 2. The maximum atomic E-state index is 12.1. The van der Waals surface area contributed by atoms with Crippen molar-refractivity contribution in [3.05, 3.63) is 0 Å². The van der Waals surface area contributed by atoms with E-state index in [1.54, 1.807) is 0 Å². The van der Waals surface area contributed by atoms with Gasteiger partial charge in [0.25, 0.3) is 0 Å². The molecule has 51 heavy (non-hydrogen) atoms. The molecule has 2 saturated carbocycles. The Morgan fingerprint density at radius 1 is 0.510 bits per heavy atom. The van der Waals surface area contributed by atoms with Crippen LogP contribution in [0.15, 0.2) is 0 Å². The minimum Gasteiger partial charge on any atom is -0.393 e. The number of hydrogen-bond acceptors (Lipinski definition) is 18. The van der Waals surface area contributed by atoms with Crippen LogP contribution in [0.5, 0.6) is 0 Å². The van der Waals surface area contributed by atoms with Crippen LogP contribution in [0.1, 0.15) is 57.8 Å². The van der Waals surface area contributed by atoms with E-state index in [9.17, 15) is 60.7 Å². The van der Waals surface area contributed by atoms with E-state index < -0.39 is 122 Å². The Labute approximate surface area is 297 Å². The number of nitrogens with two attached hydrogens (primary N) is 4. The lowest BCUT2D eigenvalue weighted by atomic mass is 9.85. The van der Waals surface area contributed by atoms with Crippen LogP contribution < -0.4 is 33.6 Å². The Hall–Kier alpha value is -1.70. The minimum absolute atomic E-state index is 0.0387. The molecule has 0 radical (unpaired) electrons. The molecule has 300 valence electrons. The van der Waals surface area contributed by atoms with E-state index in [-0.39, 0.29) is 70.9 Å². The van der Waals surface area contributed by atoms with E-state index in [4.69, 9.17) is 32.4 Å². The number of hydrogen-bond donors (Lipinski definition) is 16. The Bertz CT molecular complexity index is 948. The highest BCUT2D eigenvalue weighted by molar-refractivity contribution is 5.77. The van der Waals surface area contributed by atoms with Crippen LogP contribution in [0, 0.1) is 0 Å². The lowest BCUT2D eigenvalue weighted by Gasteiger charge is -2.39. The highest BCUT2D eigenvalue weighted by atomic mass is 16.5. The minimum atomic E-state index is -1.34. The second kappa shape index (κ2) is 22.5. The summed E-state index contributed by atoms with van der Waals surface area (Å²) in [4.78, 5) is 24.2. The molecule has 2 aliphatic carbocycles. The smallest absolute Gasteiger partial charge is 0.246 e. The predicted octanol–water partition coefficient (Wildman–Crippen LogP) is -7.55. The summed E-state index contributed by atoms with van der Waals surface area (Å²) < 4.78 is 10.7. The van der Waals surface area contributed by atoms with E-state index in [1.165, 1.54) is 0 Å². The van der Waals surface area contributed by atoms with Crippen molar-refractivity contribution in [1.82, 2.24) is 10.6 Å². The van der Waals surface area contributed by atoms with E-state index in [2.05, 4.69) is 10.6 Å². The molecule has 0 aliphatic heterocycles. The molecule has 0 unspecified atom stereocenters. The van der Waals surface area contributed by atoms with Crippen molar-refractivity contribution >= 4 is 11.8 Å². The lowest BCUT2D eigenvalue weighted by molar-refractivity contribution is -0.145. The maximum Gasteiger partial charge on any atom is 0.246 e. The fourth-order valence-electron chi connectivity index (χ4n) is 6.41. The number of aliphatic hydroxyl groups is 10. The summed E-state index contributed by atoms with van der Waals surface area (Å²) in [7, 11) is 0. The number of carbonyl (C=O) groups excluding carboxylic acids is 2. The van der Waals surface area contributed by atoms with Crippen molar-refractivity contribution < 1.29 is 70.1 Å². The summed E-state index contributed by atoms with van der Waals surface area (Å²) in [5, 5.41) is 107. The molecule has 0 spiro atoms. The Morgan fingerprint density at radius 3 is 1.12 bits per heavy atom. The van der Waals surface area contributed by atoms with Crippen LogP contribution in [-0.2, 0) is 19.1 Å². The fraction of sp³-hybridized carbons (Fsp3) is 0.935. The summed E-state index contributed by atoms with van der Waals surface area (Å²) >= 11 is 0. The van der Waals surface area contributed by atoms with Gasteiger partial charge in [-0.05, 0) is 57.8 Å². The number of nitrogens with one attached hydrogen (secondary N) is 2. The standard InChI is InChI=1S/C31H62N6O14/c32-20-10-22(34)30(28(48)26(20)46)50-12-24(44)36-3-1-14(38)5-16(40)7-18(42)9-19(43)8-17(41)6-15(39)2-4-37-25(45)13-51-31-23(35)11-21(33)27(47)29(31)49/h14-23,26-31,38-43,46-49H,1-13,32-35H2,(H,36,44)(H,37,45)/t14-,15-,16+,17+,18-,19+,20+,21+,22-,23-,26-,27-,28+,29+,30+,31+/m1/s1. The fourth-order valence-corrected chi connectivity index (χ4v) is 6.41. The van der Waals surface area contributed by atoms with Crippen molar-refractivity contribution in [1.29, 1.82) is 0 Å². The van der Waals surface area contributed by atoms with E-state index >= 15 is 0 Å². The van der Waals surface area contributed by atoms with Crippen molar-refractivity contribution in [2.75, 3.05) is 26.3 Å². The number of amides is 2. The van der Waals surface area contributed by atoms with E-state index in [0.717, 1.165) is 0 Å². The third-order valence-corrected chi connectivity index (χ3v) is 9.32. The highest BCUT2D eigenvalue weighted by Gasteiger charge is 2.42. The summed E-state index contributed by atoms with van der Waals surface area (Å²) in [5.41, 5.74) is 23.2. The third-order valence-electron chi connectivity index (χ3n) is 9.32. The van der Waals surface area contributed by atoms with Crippen molar-refractivity contribution in [2.24, 2.45) is 22.9 Å². The molecule has 2 rings (SSSR count). The first-order valence-corrected chi connectivity index (χ1v) is 17.5. The van der Waals surface area contributed by atoms with Gasteiger partial charge >= 0.3 is 0 Å². The second-order valence-electron chi connectivity index (χ2n) is 14.0. The van der Waals surface area contributed by atoms with Crippen LogP contribution in [-0.4, -0.2) is 187 Å². The molecule has 20 heteroatoms. The van der Waals surface area contributed by atoms with Crippen molar-refractivity contribution in [3.8, 4) is 0 Å². The molecular weight excluding hydrogens is 680 g/mol. The largest absolute Gasteiger partial charge is 0.393 e. The molecule has 20 nitrogen and oxygen atoms in total. The average molecular weight is 743 g/mol. The number of ether oxygens (including phenoxy) is 2. The van der Waals surface area contributed by atoms with Crippen LogP contribution in [0.4, 0.5) is 0 Å². The zero-order valence-corrected chi connectivity index (χ0v) is 28.8. The molecule has 0 aromatic rings. The summed E-state index contributed by atoms with van der Waals surface area (Å²) in [6.07, 6.45) is -13.9. The van der Waals surface area contributed by atoms with Gasteiger partial charge < -0.3 is 94.1 Å². The molecule has 16 atom stereocenters. The Balaban J connectivity index is 1.55. The SMILES string of the molecule is N[C@@H]1C[C@H](N)[C@@H](O)[C@H](O)[C@H]1OCC(=O)NCC[C@@H](O)C[C@H](O)C[C@H](O)C[C@H](O)C[C@@H](O)C[C@H](O)CCNC(=O)CO[C@@H]1[C@@H](O)[C@H](O)[C@@H](N)C[C@H]1N. The van der Waals surface area contributed by atoms with Crippen LogP contribution >= 0.6 is 0 Å². The van der Waals surface area contributed by atoms with E-state index in [1.807, 2.05) is 0 Å². The quantitative estimate of drug-likeness (QED) is 0.0490. The number of rotatable bonds is 22. The second-order valence-corrected chi connectivity index (χ2v) is 14.0. The molecule has 2 fully saturated rings. The first-order valence-electron chi connectivity index (χ1n) is 17.5. The first-order chi connectivity index (χ1) is 23.9. The molecule has 2 aliphatic rings. The van der Waals surface area contributed by atoms with Gasteiger partial charge in [0.1, 0.15) is 37.6 Å².